The fourth-order valence-corrected chi connectivity index (χ4v) is 6.19. The van der Waals surface area contributed by atoms with E-state index in [0.29, 0.717) is 6.42 Å². The van der Waals surface area contributed by atoms with Gasteiger partial charge in [0.15, 0.2) is 6.29 Å². The van der Waals surface area contributed by atoms with E-state index in [2.05, 4.69) is 55.6 Å². The quantitative estimate of drug-likeness (QED) is 0.0295. The van der Waals surface area contributed by atoms with E-state index < -0.39 is 49.5 Å². The number of hydrogen-bond acceptors (Lipinski definition) is 8. The van der Waals surface area contributed by atoms with Crippen LogP contribution in [0.3, 0.4) is 0 Å². The van der Waals surface area contributed by atoms with E-state index in [4.69, 9.17) is 9.47 Å². The average molecular weight is 736 g/mol. The number of rotatable bonds is 33. The summed E-state index contributed by atoms with van der Waals surface area (Å²) >= 11 is 0. The van der Waals surface area contributed by atoms with Crippen molar-refractivity contribution < 1.29 is 39.8 Å². The summed E-state index contributed by atoms with van der Waals surface area (Å²) in [5.74, 6) is -0.198. The molecule has 0 bridgehead atoms. The maximum Gasteiger partial charge on any atom is 0.220 e. The van der Waals surface area contributed by atoms with E-state index in [1.165, 1.54) is 77.0 Å². The number of nitrogens with one attached hydrogen (secondary N) is 1. The maximum atomic E-state index is 12.9. The van der Waals surface area contributed by atoms with Crippen LogP contribution >= 0.6 is 0 Å². The second kappa shape index (κ2) is 33.7. The molecule has 0 saturated carbocycles. The van der Waals surface area contributed by atoms with Crippen molar-refractivity contribution in [3.05, 3.63) is 48.6 Å². The Hall–Kier alpha value is -1.85. The second-order valence-electron chi connectivity index (χ2n) is 14.4. The summed E-state index contributed by atoms with van der Waals surface area (Å²) in [5, 5.41) is 53.8. The first kappa shape index (κ1) is 48.2. The zero-order valence-corrected chi connectivity index (χ0v) is 32.8. The lowest BCUT2D eigenvalue weighted by Gasteiger charge is -2.40. The molecule has 6 N–H and O–H groups in total. The Kier molecular flexibility index (Phi) is 31.2. The van der Waals surface area contributed by atoms with E-state index >= 15 is 0 Å². The standard InChI is InChI=1S/C43H77NO8/c1-3-5-7-9-11-13-14-15-16-17-18-19-20-21-22-23-24-25-27-29-31-33-39(47)44-36(37(46)32-30-28-26-12-10-8-6-4-2)35-51-43-42(50)41(49)40(48)38(34-45)52-43/h10,12,14-15,17-18,30,32,36-38,40-43,45-46,48-50H,3-9,11,13,16,19-29,31,33-35H2,1-2H3,(H,44,47)/b12-10+,15-14-,18-17-,32-30+. The van der Waals surface area contributed by atoms with Gasteiger partial charge in [-0.1, -0.05) is 146 Å². The van der Waals surface area contributed by atoms with Gasteiger partial charge in [0.25, 0.3) is 0 Å². The van der Waals surface area contributed by atoms with Crippen molar-refractivity contribution in [3.8, 4) is 0 Å². The average Bonchev–Trinajstić information content (AvgIpc) is 3.14. The van der Waals surface area contributed by atoms with Gasteiger partial charge < -0.3 is 40.3 Å². The summed E-state index contributed by atoms with van der Waals surface area (Å²) in [7, 11) is 0. The molecule has 1 heterocycles. The summed E-state index contributed by atoms with van der Waals surface area (Å²) in [5.41, 5.74) is 0. The fraction of sp³-hybridized carbons (Fsp3) is 0.791. The Morgan fingerprint density at radius 2 is 1.17 bits per heavy atom. The van der Waals surface area contributed by atoms with Crippen LogP contribution in [0.1, 0.15) is 162 Å². The summed E-state index contributed by atoms with van der Waals surface area (Å²) in [4.78, 5) is 12.9. The topological polar surface area (TPSA) is 149 Å². The Bertz CT molecular complexity index is 951. The van der Waals surface area contributed by atoms with Gasteiger partial charge in [-0.2, -0.15) is 0 Å². The van der Waals surface area contributed by atoms with E-state index in [9.17, 15) is 30.3 Å². The van der Waals surface area contributed by atoms with Crippen LogP contribution in [0.15, 0.2) is 48.6 Å². The molecule has 7 unspecified atom stereocenters. The van der Waals surface area contributed by atoms with Crippen LogP contribution in [0.4, 0.5) is 0 Å². The molecule has 52 heavy (non-hydrogen) atoms. The molecular weight excluding hydrogens is 658 g/mol. The SMILES string of the molecule is CCCC/C=C/CC/C=C/C(O)C(COC1OC(CO)C(O)C(O)C1O)NC(=O)CCCCCCCCCCC/C=C\C/C=C\CCCCCCC. The van der Waals surface area contributed by atoms with Crippen LogP contribution in [0.2, 0.25) is 0 Å². The Labute approximate surface area is 316 Å². The van der Waals surface area contributed by atoms with Gasteiger partial charge in [0.1, 0.15) is 24.4 Å². The lowest BCUT2D eigenvalue weighted by molar-refractivity contribution is -0.302. The number of amides is 1. The van der Waals surface area contributed by atoms with Gasteiger partial charge in [-0.05, 0) is 57.8 Å². The van der Waals surface area contributed by atoms with Gasteiger partial charge in [-0.25, -0.2) is 0 Å². The van der Waals surface area contributed by atoms with Gasteiger partial charge in [0, 0.05) is 6.42 Å². The molecule has 302 valence electrons. The molecule has 9 heteroatoms. The summed E-state index contributed by atoms with van der Waals surface area (Å²) < 4.78 is 11.1. The monoisotopic (exact) mass is 736 g/mol. The van der Waals surface area contributed by atoms with Crippen LogP contribution in [0.5, 0.6) is 0 Å². The van der Waals surface area contributed by atoms with Gasteiger partial charge in [-0.15, -0.1) is 0 Å². The normalized spacial score (nSPS) is 22.3. The molecule has 1 amide bonds. The first-order chi connectivity index (χ1) is 25.3. The molecule has 0 aliphatic carbocycles. The number of carbonyl (C=O) groups excluding carboxylic acids is 1. The van der Waals surface area contributed by atoms with Gasteiger partial charge in [0.2, 0.25) is 5.91 Å². The van der Waals surface area contributed by atoms with Crippen molar-refractivity contribution in [2.75, 3.05) is 13.2 Å². The van der Waals surface area contributed by atoms with Crippen molar-refractivity contribution >= 4 is 5.91 Å². The number of allylic oxidation sites excluding steroid dienone is 7. The Morgan fingerprint density at radius 1 is 0.654 bits per heavy atom. The highest BCUT2D eigenvalue weighted by molar-refractivity contribution is 5.76. The highest BCUT2D eigenvalue weighted by Gasteiger charge is 2.44. The third kappa shape index (κ3) is 24.5. The van der Waals surface area contributed by atoms with Crippen LogP contribution in [-0.4, -0.2) is 87.5 Å². The molecule has 1 aliphatic rings. The zero-order chi connectivity index (χ0) is 38.1. The minimum atomic E-state index is -1.57. The highest BCUT2D eigenvalue weighted by atomic mass is 16.7. The largest absolute Gasteiger partial charge is 0.394 e. The predicted octanol–water partition coefficient (Wildman–Crippen LogP) is 7.89. The van der Waals surface area contributed by atoms with Crippen molar-refractivity contribution in [3.63, 3.8) is 0 Å². The first-order valence-corrected chi connectivity index (χ1v) is 20.9. The second-order valence-corrected chi connectivity index (χ2v) is 14.4. The molecule has 1 aliphatic heterocycles. The number of ether oxygens (including phenoxy) is 2. The minimum Gasteiger partial charge on any atom is -0.394 e. The zero-order valence-electron chi connectivity index (χ0n) is 32.8. The maximum absolute atomic E-state index is 12.9. The van der Waals surface area contributed by atoms with Crippen molar-refractivity contribution in [1.82, 2.24) is 5.32 Å². The number of aliphatic hydroxyl groups excluding tert-OH is 5. The smallest absolute Gasteiger partial charge is 0.220 e. The van der Waals surface area contributed by atoms with Crippen LogP contribution in [0.25, 0.3) is 0 Å². The molecular formula is C43H77NO8. The van der Waals surface area contributed by atoms with Gasteiger partial charge >= 0.3 is 0 Å². The Balaban J connectivity index is 2.31. The van der Waals surface area contributed by atoms with Crippen LogP contribution in [-0.2, 0) is 14.3 Å². The molecule has 1 rings (SSSR count). The molecule has 0 radical (unpaired) electrons. The van der Waals surface area contributed by atoms with Gasteiger partial charge in [-0.3, -0.25) is 4.79 Å². The molecule has 1 fully saturated rings. The number of carbonyl (C=O) groups is 1. The molecule has 0 spiro atoms. The van der Waals surface area contributed by atoms with E-state index in [1.807, 2.05) is 6.08 Å². The number of unbranched alkanes of at least 4 members (excludes halogenated alkanes) is 17. The predicted molar refractivity (Wildman–Crippen MR) is 212 cm³/mol. The molecule has 1 saturated heterocycles. The van der Waals surface area contributed by atoms with E-state index in [0.717, 1.165) is 64.2 Å². The molecule has 9 nitrogen and oxygen atoms in total. The fourth-order valence-electron chi connectivity index (χ4n) is 6.19. The molecule has 7 atom stereocenters. The van der Waals surface area contributed by atoms with Crippen molar-refractivity contribution in [1.29, 1.82) is 0 Å². The minimum absolute atomic E-state index is 0.198. The summed E-state index contributed by atoms with van der Waals surface area (Å²) in [6, 6.07) is -0.821. The Morgan fingerprint density at radius 3 is 1.79 bits per heavy atom. The summed E-state index contributed by atoms with van der Waals surface area (Å²) in [6.07, 6.45) is 34.6. The van der Waals surface area contributed by atoms with Crippen LogP contribution in [0, 0.1) is 0 Å². The molecule has 0 aromatic heterocycles. The first-order valence-electron chi connectivity index (χ1n) is 20.9. The van der Waals surface area contributed by atoms with Gasteiger partial charge in [0.05, 0.1) is 25.4 Å². The van der Waals surface area contributed by atoms with Crippen molar-refractivity contribution in [2.24, 2.45) is 0 Å². The number of aliphatic hydroxyl groups is 5. The molecule has 0 aromatic rings. The summed E-state index contributed by atoms with van der Waals surface area (Å²) in [6.45, 7) is 3.64. The van der Waals surface area contributed by atoms with E-state index in [1.54, 1.807) is 6.08 Å². The molecule has 0 aromatic carbocycles. The van der Waals surface area contributed by atoms with Crippen LogP contribution < -0.4 is 5.32 Å². The third-order valence-electron chi connectivity index (χ3n) is 9.63. The third-order valence-corrected chi connectivity index (χ3v) is 9.63. The lowest BCUT2D eigenvalue weighted by Crippen LogP contribution is -2.60. The van der Waals surface area contributed by atoms with E-state index in [-0.39, 0.29) is 12.5 Å². The lowest BCUT2D eigenvalue weighted by atomic mass is 9.99. The number of hydrogen-bond donors (Lipinski definition) is 6. The van der Waals surface area contributed by atoms with Crippen molar-refractivity contribution in [2.45, 2.75) is 204 Å². The highest BCUT2D eigenvalue weighted by Crippen LogP contribution is 2.22.